The average Bonchev–Trinajstić information content (AvgIpc) is 2.85. The number of nitrogens with one attached hydrogen (secondary N) is 1. The first kappa shape index (κ1) is 15.3. The number of hydrogen-bond acceptors (Lipinski definition) is 4. The largest absolute Gasteiger partial charge is 0.497 e. The van der Waals surface area contributed by atoms with E-state index in [9.17, 15) is 9.59 Å². The monoisotopic (exact) mass is 292 g/mol. The van der Waals surface area contributed by atoms with E-state index in [1.807, 2.05) is 24.3 Å². The third-order valence-electron chi connectivity index (χ3n) is 3.55. The van der Waals surface area contributed by atoms with Crippen LogP contribution in [0, 0.1) is 0 Å². The fraction of sp³-hybridized carbons (Fsp3) is 0.467. The Morgan fingerprint density at radius 1 is 1.43 bits per heavy atom. The number of aliphatic hydroxyl groups excluding tert-OH is 1. The molecule has 1 aromatic carbocycles. The van der Waals surface area contributed by atoms with Crippen LogP contribution in [0.15, 0.2) is 24.3 Å². The smallest absolute Gasteiger partial charge is 0.245 e. The molecule has 1 aromatic rings. The van der Waals surface area contributed by atoms with Gasteiger partial charge in [0, 0.05) is 19.5 Å². The molecule has 114 valence electrons. The topological polar surface area (TPSA) is 78.9 Å². The molecule has 1 fully saturated rings. The summed E-state index contributed by atoms with van der Waals surface area (Å²) in [6.45, 7) is 0.577. The van der Waals surface area contributed by atoms with Crippen molar-refractivity contribution in [3.8, 4) is 5.75 Å². The van der Waals surface area contributed by atoms with Crippen molar-refractivity contribution in [1.82, 2.24) is 10.2 Å². The highest BCUT2D eigenvalue weighted by Gasteiger charge is 2.29. The zero-order valence-corrected chi connectivity index (χ0v) is 12.0. The summed E-state index contributed by atoms with van der Waals surface area (Å²) in [4.78, 5) is 24.7. The number of carbonyl (C=O) groups excluding carboxylic acids is 2. The molecule has 2 N–H and O–H groups in total. The van der Waals surface area contributed by atoms with Crippen LogP contribution in [-0.2, 0) is 16.0 Å². The van der Waals surface area contributed by atoms with E-state index in [2.05, 4.69) is 5.32 Å². The Balaban J connectivity index is 1.82. The van der Waals surface area contributed by atoms with Crippen LogP contribution in [0.5, 0.6) is 5.75 Å². The van der Waals surface area contributed by atoms with Crippen LogP contribution in [0.2, 0.25) is 0 Å². The van der Waals surface area contributed by atoms with Gasteiger partial charge in [0.05, 0.1) is 13.2 Å². The molecule has 1 aliphatic heterocycles. The van der Waals surface area contributed by atoms with Crippen molar-refractivity contribution in [1.29, 1.82) is 0 Å². The predicted octanol–water partition coefficient (Wildman–Crippen LogP) is -0.0529. The SMILES string of the molecule is COc1ccc(CCN2C[C@H](NC(=O)CO)CC2=O)cc1. The van der Waals surface area contributed by atoms with Crippen LogP contribution >= 0.6 is 0 Å². The number of amides is 2. The molecular formula is C15H20N2O4. The van der Waals surface area contributed by atoms with Crippen molar-refractivity contribution >= 4 is 11.8 Å². The first-order chi connectivity index (χ1) is 10.1. The summed E-state index contributed by atoms with van der Waals surface area (Å²) in [5, 5.41) is 11.3. The lowest BCUT2D eigenvalue weighted by Gasteiger charge is -2.17. The summed E-state index contributed by atoms with van der Waals surface area (Å²) in [5.74, 6) is 0.402. The van der Waals surface area contributed by atoms with Gasteiger partial charge in [0.1, 0.15) is 12.4 Å². The van der Waals surface area contributed by atoms with Gasteiger partial charge >= 0.3 is 0 Å². The highest BCUT2D eigenvalue weighted by molar-refractivity contribution is 5.82. The summed E-state index contributed by atoms with van der Waals surface area (Å²) in [7, 11) is 1.62. The van der Waals surface area contributed by atoms with E-state index in [4.69, 9.17) is 9.84 Å². The van der Waals surface area contributed by atoms with Crippen molar-refractivity contribution < 1.29 is 19.4 Å². The Kier molecular flexibility index (Phi) is 5.16. The fourth-order valence-electron chi connectivity index (χ4n) is 2.41. The Labute approximate surface area is 123 Å². The van der Waals surface area contributed by atoms with Crippen molar-refractivity contribution in [3.05, 3.63) is 29.8 Å². The Hall–Kier alpha value is -2.08. The maximum atomic E-state index is 11.9. The van der Waals surface area contributed by atoms with Gasteiger partial charge < -0.3 is 20.1 Å². The van der Waals surface area contributed by atoms with Crippen molar-refractivity contribution in [2.45, 2.75) is 18.9 Å². The van der Waals surface area contributed by atoms with Crippen LogP contribution in [-0.4, -0.2) is 54.7 Å². The molecule has 0 bridgehead atoms. The number of carbonyl (C=O) groups is 2. The maximum Gasteiger partial charge on any atom is 0.245 e. The second-order valence-electron chi connectivity index (χ2n) is 5.06. The molecule has 2 amide bonds. The third kappa shape index (κ3) is 4.19. The summed E-state index contributed by atoms with van der Waals surface area (Å²) >= 11 is 0. The molecule has 1 aliphatic rings. The highest BCUT2D eigenvalue weighted by Crippen LogP contribution is 2.15. The average molecular weight is 292 g/mol. The minimum Gasteiger partial charge on any atom is -0.497 e. The zero-order valence-electron chi connectivity index (χ0n) is 12.0. The summed E-state index contributed by atoms with van der Waals surface area (Å²) in [6, 6.07) is 7.54. The molecule has 2 rings (SSSR count). The molecule has 0 aliphatic carbocycles. The van der Waals surface area contributed by atoms with E-state index in [0.717, 1.165) is 17.7 Å². The van der Waals surface area contributed by atoms with Gasteiger partial charge in [-0.2, -0.15) is 0 Å². The van der Waals surface area contributed by atoms with E-state index in [1.54, 1.807) is 12.0 Å². The minimum absolute atomic E-state index is 0.0340. The maximum absolute atomic E-state index is 11.9. The van der Waals surface area contributed by atoms with Gasteiger partial charge in [-0.05, 0) is 24.1 Å². The fourth-order valence-corrected chi connectivity index (χ4v) is 2.41. The zero-order chi connectivity index (χ0) is 15.2. The molecule has 1 heterocycles. The lowest BCUT2D eigenvalue weighted by atomic mass is 10.1. The van der Waals surface area contributed by atoms with Gasteiger partial charge in [-0.1, -0.05) is 12.1 Å². The second kappa shape index (κ2) is 7.08. The van der Waals surface area contributed by atoms with Gasteiger partial charge in [0.25, 0.3) is 0 Å². The molecule has 0 radical (unpaired) electrons. The molecular weight excluding hydrogens is 272 g/mol. The van der Waals surface area contributed by atoms with E-state index in [-0.39, 0.29) is 11.9 Å². The van der Waals surface area contributed by atoms with E-state index in [0.29, 0.717) is 19.5 Å². The second-order valence-corrected chi connectivity index (χ2v) is 5.06. The van der Waals surface area contributed by atoms with Crippen LogP contribution in [0.1, 0.15) is 12.0 Å². The van der Waals surface area contributed by atoms with Crippen LogP contribution in [0.25, 0.3) is 0 Å². The summed E-state index contributed by atoms with van der Waals surface area (Å²) < 4.78 is 5.10. The van der Waals surface area contributed by atoms with E-state index in [1.165, 1.54) is 0 Å². The first-order valence-electron chi connectivity index (χ1n) is 6.93. The standard InChI is InChI=1S/C15H20N2O4/c1-21-13-4-2-11(3-5-13)6-7-17-9-12(8-15(17)20)16-14(19)10-18/h2-5,12,18H,6-10H2,1H3,(H,16,19)/t12-/m1/s1. The summed E-state index contributed by atoms with van der Waals surface area (Å²) in [5.41, 5.74) is 1.13. The van der Waals surface area contributed by atoms with Crippen molar-refractivity contribution in [2.75, 3.05) is 26.8 Å². The van der Waals surface area contributed by atoms with Crippen molar-refractivity contribution in [3.63, 3.8) is 0 Å². The van der Waals surface area contributed by atoms with Gasteiger partial charge in [-0.3, -0.25) is 9.59 Å². The van der Waals surface area contributed by atoms with Gasteiger partial charge in [0.15, 0.2) is 0 Å². The predicted molar refractivity (Wildman–Crippen MR) is 76.9 cm³/mol. The number of rotatable bonds is 6. The normalized spacial score (nSPS) is 17.9. The number of nitrogens with zero attached hydrogens (tertiary/aromatic N) is 1. The van der Waals surface area contributed by atoms with Crippen LogP contribution in [0.3, 0.4) is 0 Å². The lowest BCUT2D eigenvalue weighted by Crippen LogP contribution is -2.38. The molecule has 0 aromatic heterocycles. The molecule has 0 unspecified atom stereocenters. The molecule has 6 nitrogen and oxygen atoms in total. The van der Waals surface area contributed by atoms with Gasteiger partial charge in [0.2, 0.25) is 11.8 Å². The van der Waals surface area contributed by atoms with Crippen LogP contribution in [0.4, 0.5) is 0 Å². The van der Waals surface area contributed by atoms with Gasteiger partial charge in [-0.15, -0.1) is 0 Å². The number of hydrogen-bond donors (Lipinski definition) is 2. The number of benzene rings is 1. The van der Waals surface area contributed by atoms with E-state index < -0.39 is 12.5 Å². The minimum atomic E-state index is -0.545. The third-order valence-corrected chi connectivity index (χ3v) is 3.55. The van der Waals surface area contributed by atoms with Crippen LogP contribution < -0.4 is 10.1 Å². The number of ether oxygens (including phenoxy) is 1. The number of methoxy groups -OCH3 is 1. The Morgan fingerprint density at radius 3 is 2.76 bits per heavy atom. The Bertz CT molecular complexity index is 501. The van der Waals surface area contributed by atoms with Crippen molar-refractivity contribution in [2.24, 2.45) is 0 Å². The lowest BCUT2D eigenvalue weighted by molar-refractivity contribution is -0.127. The molecule has 0 spiro atoms. The highest BCUT2D eigenvalue weighted by atomic mass is 16.5. The van der Waals surface area contributed by atoms with Gasteiger partial charge in [-0.25, -0.2) is 0 Å². The number of aliphatic hydroxyl groups is 1. The summed E-state index contributed by atoms with van der Waals surface area (Å²) in [6.07, 6.45) is 1.06. The molecule has 1 saturated heterocycles. The molecule has 21 heavy (non-hydrogen) atoms. The molecule has 6 heteroatoms. The molecule has 0 saturated carbocycles. The van der Waals surface area contributed by atoms with E-state index >= 15 is 0 Å². The Morgan fingerprint density at radius 2 is 2.14 bits per heavy atom. The first-order valence-corrected chi connectivity index (χ1v) is 6.93. The molecule has 1 atom stereocenters. The quantitative estimate of drug-likeness (QED) is 0.770. The number of likely N-dealkylation sites (tertiary alicyclic amines) is 1.